The van der Waals surface area contributed by atoms with Gasteiger partial charge in [-0.25, -0.2) is 0 Å². The van der Waals surface area contributed by atoms with Crippen LogP contribution in [0.5, 0.6) is 0 Å². The van der Waals surface area contributed by atoms with Crippen molar-refractivity contribution < 1.29 is 9.53 Å². The Kier molecular flexibility index (Phi) is 4.97. The lowest BCUT2D eigenvalue weighted by molar-refractivity contribution is -0.145. The van der Waals surface area contributed by atoms with Crippen LogP contribution in [0, 0.1) is 11.8 Å². The second kappa shape index (κ2) is 5.81. The van der Waals surface area contributed by atoms with E-state index in [1.807, 2.05) is 20.8 Å². The van der Waals surface area contributed by atoms with Gasteiger partial charge in [0.2, 0.25) is 0 Å². The molecule has 1 aliphatic carbocycles. The van der Waals surface area contributed by atoms with Crippen LogP contribution in [0.2, 0.25) is 0 Å². The molecule has 0 radical (unpaired) electrons. The van der Waals surface area contributed by atoms with E-state index in [9.17, 15) is 4.79 Å². The van der Waals surface area contributed by atoms with Gasteiger partial charge in [0, 0.05) is 12.5 Å². The van der Waals surface area contributed by atoms with Crippen molar-refractivity contribution in [2.45, 2.75) is 65.4 Å². The van der Waals surface area contributed by atoms with Crippen molar-refractivity contribution >= 4 is 5.78 Å². The van der Waals surface area contributed by atoms with Crippen LogP contribution in [-0.4, -0.2) is 18.0 Å². The predicted octanol–water partition coefficient (Wildman–Crippen LogP) is 3.59. The molecule has 1 aliphatic rings. The number of ketones is 1. The molecule has 0 aromatic heterocycles. The van der Waals surface area contributed by atoms with Crippen molar-refractivity contribution in [1.82, 2.24) is 0 Å². The van der Waals surface area contributed by atoms with Gasteiger partial charge in [0.25, 0.3) is 0 Å². The summed E-state index contributed by atoms with van der Waals surface area (Å²) in [7, 11) is 0. The number of hydrogen-bond acceptors (Lipinski definition) is 2. The summed E-state index contributed by atoms with van der Waals surface area (Å²) in [5.41, 5.74) is -0.588. The van der Waals surface area contributed by atoms with E-state index >= 15 is 0 Å². The molecular weight excluding hydrogens is 200 g/mol. The zero-order valence-electron chi connectivity index (χ0n) is 11.2. The molecule has 0 N–H and O–H groups in total. The van der Waals surface area contributed by atoms with E-state index in [0.29, 0.717) is 12.4 Å². The van der Waals surface area contributed by atoms with Gasteiger partial charge in [-0.2, -0.15) is 0 Å². The summed E-state index contributed by atoms with van der Waals surface area (Å²) in [5, 5.41) is 0. The normalized spacial score (nSPS) is 26.8. The number of ether oxygens (including phenoxy) is 1. The van der Waals surface area contributed by atoms with E-state index in [-0.39, 0.29) is 5.92 Å². The number of hydrogen-bond donors (Lipinski definition) is 0. The van der Waals surface area contributed by atoms with E-state index in [0.717, 1.165) is 18.8 Å². The zero-order chi connectivity index (χ0) is 12.2. The molecule has 0 bridgehead atoms. The lowest BCUT2D eigenvalue weighted by Gasteiger charge is -2.33. The van der Waals surface area contributed by atoms with Gasteiger partial charge >= 0.3 is 0 Å². The van der Waals surface area contributed by atoms with Crippen LogP contribution < -0.4 is 0 Å². The highest BCUT2D eigenvalue weighted by Gasteiger charge is 2.36. The van der Waals surface area contributed by atoms with Gasteiger partial charge in [-0.05, 0) is 39.5 Å². The molecule has 0 spiro atoms. The van der Waals surface area contributed by atoms with Gasteiger partial charge < -0.3 is 4.74 Å². The fourth-order valence-corrected chi connectivity index (χ4v) is 2.82. The Balaban J connectivity index is 2.59. The maximum Gasteiger partial charge on any atom is 0.167 e. The molecule has 16 heavy (non-hydrogen) atoms. The van der Waals surface area contributed by atoms with Crippen molar-refractivity contribution in [2.75, 3.05) is 6.61 Å². The Hall–Kier alpha value is -0.370. The van der Waals surface area contributed by atoms with Crippen LogP contribution in [0.4, 0.5) is 0 Å². The smallest absolute Gasteiger partial charge is 0.167 e. The first kappa shape index (κ1) is 13.7. The van der Waals surface area contributed by atoms with Gasteiger partial charge in [0.1, 0.15) is 5.60 Å². The minimum atomic E-state index is -0.588. The molecule has 94 valence electrons. The lowest BCUT2D eigenvalue weighted by atomic mass is 9.75. The van der Waals surface area contributed by atoms with E-state index in [1.165, 1.54) is 19.3 Å². The summed E-state index contributed by atoms with van der Waals surface area (Å²) >= 11 is 0. The molecule has 2 atom stereocenters. The van der Waals surface area contributed by atoms with E-state index < -0.39 is 5.60 Å². The Morgan fingerprint density at radius 2 is 2.00 bits per heavy atom. The van der Waals surface area contributed by atoms with Gasteiger partial charge in [-0.1, -0.05) is 26.2 Å². The van der Waals surface area contributed by atoms with Crippen LogP contribution >= 0.6 is 0 Å². The molecule has 2 nitrogen and oxygen atoms in total. The van der Waals surface area contributed by atoms with Crippen LogP contribution in [0.3, 0.4) is 0 Å². The topological polar surface area (TPSA) is 26.3 Å². The standard InChI is InChI=1S/C14H26O2/c1-5-11-8-7-9-12(10-11)13(15)14(3,4)16-6-2/h11-12H,5-10H2,1-4H3. The number of carbonyl (C=O) groups excluding carboxylic acids is 1. The van der Waals surface area contributed by atoms with E-state index in [1.54, 1.807) is 0 Å². The predicted molar refractivity (Wildman–Crippen MR) is 66.5 cm³/mol. The van der Waals surface area contributed by atoms with Crippen LogP contribution in [-0.2, 0) is 9.53 Å². The third-order valence-corrected chi connectivity index (χ3v) is 3.83. The third kappa shape index (κ3) is 3.31. The first-order chi connectivity index (χ1) is 7.51. The second-order valence-electron chi connectivity index (χ2n) is 5.45. The highest BCUT2D eigenvalue weighted by molar-refractivity contribution is 5.88. The minimum Gasteiger partial charge on any atom is -0.368 e. The van der Waals surface area contributed by atoms with Crippen molar-refractivity contribution in [2.24, 2.45) is 11.8 Å². The summed E-state index contributed by atoms with van der Waals surface area (Å²) in [6.45, 7) is 8.61. The van der Waals surface area contributed by atoms with Crippen LogP contribution in [0.15, 0.2) is 0 Å². The Labute approximate surface area is 99.8 Å². The molecule has 0 amide bonds. The number of Topliss-reactive ketones (excluding diaryl/α,β-unsaturated/α-hetero) is 1. The molecule has 0 heterocycles. The average molecular weight is 226 g/mol. The molecule has 0 aromatic carbocycles. The summed E-state index contributed by atoms with van der Waals surface area (Å²) < 4.78 is 5.56. The first-order valence-electron chi connectivity index (χ1n) is 6.69. The molecule has 2 unspecified atom stereocenters. The summed E-state index contributed by atoms with van der Waals surface area (Å²) in [5.74, 6) is 1.30. The fourth-order valence-electron chi connectivity index (χ4n) is 2.82. The van der Waals surface area contributed by atoms with Crippen molar-refractivity contribution in [3.63, 3.8) is 0 Å². The van der Waals surface area contributed by atoms with Crippen molar-refractivity contribution in [3.8, 4) is 0 Å². The summed E-state index contributed by atoms with van der Waals surface area (Å²) in [4.78, 5) is 12.3. The SMILES string of the molecule is CCOC(C)(C)C(=O)C1CCCC(CC)C1. The lowest BCUT2D eigenvalue weighted by Crippen LogP contribution is -2.41. The molecule has 1 rings (SSSR count). The molecule has 0 aliphatic heterocycles. The van der Waals surface area contributed by atoms with Gasteiger partial charge in [0.05, 0.1) is 0 Å². The maximum absolute atomic E-state index is 12.3. The minimum absolute atomic E-state index is 0.236. The zero-order valence-corrected chi connectivity index (χ0v) is 11.2. The number of carbonyl (C=O) groups is 1. The fraction of sp³-hybridized carbons (Fsp3) is 0.929. The molecule has 0 aromatic rings. The molecule has 1 fully saturated rings. The molecular formula is C14H26O2. The average Bonchev–Trinajstić information content (AvgIpc) is 2.28. The van der Waals surface area contributed by atoms with Crippen molar-refractivity contribution in [1.29, 1.82) is 0 Å². The molecule has 1 saturated carbocycles. The van der Waals surface area contributed by atoms with Crippen LogP contribution in [0.1, 0.15) is 59.8 Å². The third-order valence-electron chi connectivity index (χ3n) is 3.83. The van der Waals surface area contributed by atoms with Gasteiger partial charge in [0.15, 0.2) is 5.78 Å². The second-order valence-corrected chi connectivity index (χ2v) is 5.45. The molecule has 2 heteroatoms. The summed E-state index contributed by atoms with van der Waals surface area (Å²) in [6.07, 6.45) is 5.85. The quantitative estimate of drug-likeness (QED) is 0.716. The monoisotopic (exact) mass is 226 g/mol. The Bertz CT molecular complexity index is 233. The van der Waals surface area contributed by atoms with Crippen LogP contribution in [0.25, 0.3) is 0 Å². The highest BCUT2D eigenvalue weighted by Crippen LogP contribution is 2.34. The maximum atomic E-state index is 12.3. The Morgan fingerprint density at radius 3 is 2.56 bits per heavy atom. The van der Waals surface area contributed by atoms with Gasteiger partial charge in [-0.15, -0.1) is 0 Å². The Morgan fingerprint density at radius 1 is 1.31 bits per heavy atom. The first-order valence-corrected chi connectivity index (χ1v) is 6.69. The summed E-state index contributed by atoms with van der Waals surface area (Å²) in [6, 6.07) is 0. The molecule has 0 saturated heterocycles. The van der Waals surface area contributed by atoms with E-state index in [4.69, 9.17) is 4.74 Å². The van der Waals surface area contributed by atoms with Crippen molar-refractivity contribution in [3.05, 3.63) is 0 Å². The largest absolute Gasteiger partial charge is 0.368 e. The highest BCUT2D eigenvalue weighted by atomic mass is 16.5. The van der Waals surface area contributed by atoms with E-state index in [2.05, 4.69) is 6.92 Å². The van der Waals surface area contributed by atoms with Gasteiger partial charge in [-0.3, -0.25) is 4.79 Å². The number of rotatable bonds is 5.